The number of hydrogen-bond donors (Lipinski definition) is 0. The highest BCUT2D eigenvalue weighted by Gasteiger charge is 2.65. The summed E-state index contributed by atoms with van der Waals surface area (Å²) in [6, 6.07) is 7.75. The van der Waals surface area contributed by atoms with Gasteiger partial charge in [-0.25, -0.2) is 18.4 Å². The van der Waals surface area contributed by atoms with Crippen LogP contribution < -0.4 is 9.64 Å². The van der Waals surface area contributed by atoms with Gasteiger partial charge in [0.15, 0.2) is 0 Å². The van der Waals surface area contributed by atoms with Gasteiger partial charge in [0.05, 0.1) is 19.8 Å². The second-order valence-electron chi connectivity index (χ2n) is 8.45. The van der Waals surface area contributed by atoms with Crippen LogP contribution in [0.1, 0.15) is 17.5 Å². The first-order chi connectivity index (χ1) is 14.4. The van der Waals surface area contributed by atoms with Gasteiger partial charge in [0.2, 0.25) is 16.0 Å². The lowest BCUT2D eigenvalue weighted by Gasteiger charge is -2.39. The number of nitrogens with zero attached hydrogens (tertiary/aromatic N) is 4. The van der Waals surface area contributed by atoms with E-state index < -0.39 is 20.9 Å². The Balaban J connectivity index is 1.33. The van der Waals surface area contributed by atoms with E-state index in [2.05, 4.69) is 14.9 Å². The SMILES string of the molecule is COc1ccc(CCN2C[C@]34CN(c5ncc(C)cn5)C[C@@H](C[C@H]3S2(=O)=O)O4)cc1. The number of benzene rings is 1. The third-order valence-corrected chi connectivity index (χ3v) is 8.74. The van der Waals surface area contributed by atoms with Crippen LogP contribution in [0.25, 0.3) is 0 Å². The molecule has 0 unspecified atom stereocenters. The molecule has 160 valence electrons. The molecule has 0 radical (unpaired) electrons. The molecule has 3 fully saturated rings. The van der Waals surface area contributed by atoms with Gasteiger partial charge in [0.25, 0.3) is 0 Å². The molecule has 0 saturated carbocycles. The molecule has 2 bridgehead atoms. The van der Waals surface area contributed by atoms with Crippen molar-refractivity contribution < 1.29 is 17.9 Å². The van der Waals surface area contributed by atoms with Crippen LogP contribution in [0.5, 0.6) is 5.75 Å². The molecular formula is C21H26N4O4S. The molecule has 5 rings (SSSR count). The van der Waals surface area contributed by atoms with Crippen molar-refractivity contribution in [2.75, 3.05) is 38.2 Å². The van der Waals surface area contributed by atoms with Crippen LogP contribution in [0.15, 0.2) is 36.7 Å². The Morgan fingerprint density at radius 2 is 1.93 bits per heavy atom. The average molecular weight is 431 g/mol. The van der Waals surface area contributed by atoms with Crippen molar-refractivity contribution in [3.63, 3.8) is 0 Å². The normalized spacial score (nSPS) is 29.7. The Morgan fingerprint density at radius 1 is 1.20 bits per heavy atom. The summed E-state index contributed by atoms with van der Waals surface area (Å²) in [6.07, 6.45) is 4.67. The van der Waals surface area contributed by atoms with Crippen molar-refractivity contribution >= 4 is 16.0 Å². The third-order valence-electron chi connectivity index (χ3n) is 6.37. The second-order valence-corrected chi connectivity index (χ2v) is 10.6. The summed E-state index contributed by atoms with van der Waals surface area (Å²) in [7, 11) is -1.78. The molecule has 3 aliphatic heterocycles. The van der Waals surface area contributed by atoms with E-state index in [1.54, 1.807) is 23.8 Å². The number of aryl methyl sites for hydroxylation is 1. The molecule has 0 N–H and O–H groups in total. The van der Waals surface area contributed by atoms with Crippen LogP contribution in [0, 0.1) is 6.92 Å². The molecule has 1 aromatic carbocycles. The summed E-state index contributed by atoms with van der Waals surface area (Å²) >= 11 is 0. The molecule has 9 heteroatoms. The minimum absolute atomic E-state index is 0.104. The topological polar surface area (TPSA) is 84.9 Å². The van der Waals surface area contributed by atoms with Crippen molar-refractivity contribution in [2.45, 2.75) is 36.7 Å². The quantitative estimate of drug-likeness (QED) is 0.709. The summed E-state index contributed by atoms with van der Waals surface area (Å²) < 4.78 is 39.7. The predicted molar refractivity (Wildman–Crippen MR) is 112 cm³/mol. The average Bonchev–Trinajstić information content (AvgIpc) is 3.12. The summed E-state index contributed by atoms with van der Waals surface area (Å²) in [4.78, 5) is 11.0. The van der Waals surface area contributed by atoms with E-state index in [1.807, 2.05) is 31.2 Å². The number of rotatable bonds is 5. The smallest absolute Gasteiger partial charge is 0.225 e. The number of anilines is 1. The van der Waals surface area contributed by atoms with Gasteiger partial charge in [0.1, 0.15) is 16.6 Å². The first kappa shape index (κ1) is 19.7. The zero-order chi connectivity index (χ0) is 20.9. The van der Waals surface area contributed by atoms with E-state index in [4.69, 9.17) is 9.47 Å². The van der Waals surface area contributed by atoms with Crippen molar-refractivity contribution in [3.8, 4) is 5.75 Å². The van der Waals surface area contributed by atoms with Crippen LogP contribution >= 0.6 is 0 Å². The summed E-state index contributed by atoms with van der Waals surface area (Å²) in [6.45, 7) is 3.90. The molecule has 8 nitrogen and oxygen atoms in total. The molecule has 4 heterocycles. The first-order valence-corrected chi connectivity index (χ1v) is 11.7. The van der Waals surface area contributed by atoms with E-state index in [0.717, 1.165) is 16.9 Å². The van der Waals surface area contributed by atoms with E-state index in [9.17, 15) is 8.42 Å². The Morgan fingerprint density at radius 3 is 2.63 bits per heavy atom. The molecule has 3 aliphatic rings. The predicted octanol–water partition coefficient (Wildman–Crippen LogP) is 1.40. The fourth-order valence-corrected chi connectivity index (χ4v) is 7.21. The van der Waals surface area contributed by atoms with Gasteiger partial charge in [-0.3, -0.25) is 0 Å². The molecule has 2 aromatic rings. The Labute approximate surface area is 176 Å². The monoisotopic (exact) mass is 430 g/mol. The third kappa shape index (κ3) is 3.25. The molecule has 1 aromatic heterocycles. The van der Waals surface area contributed by atoms with Gasteiger partial charge in [-0.05, 0) is 43.0 Å². The highest BCUT2D eigenvalue weighted by molar-refractivity contribution is 7.90. The largest absolute Gasteiger partial charge is 0.497 e. The van der Waals surface area contributed by atoms with Gasteiger partial charge >= 0.3 is 0 Å². The van der Waals surface area contributed by atoms with Crippen molar-refractivity contribution in [3.05, 3.63) is 47.8 Å². The minimum atomic E-state index is -3.41. The number of sulfonamides is 1. The van der Waals surface area contributed by atoms with Crippen LogP contribution in [0.3, 0.4) is 0 Å². The maximum Gasteiger partial charge on any atom is 0.225 e. The second kappa shape index (κ2) is 7.18. The number of methoxy groups -OCH3 is 1. The van der Waals surface area contributed by atoms with Crippen molar-refractivity contribution in [1.82, 2.24) is 14.3 Å². The first-order valence-electron chi connectivity index (χ1n) is 10.2. The standard InChI is InChI=1S/C21H26N4O4S/c1-15-10-22-20(23-11-15)24-12-18-9-19-21(13-24,29-18)14-25(30(19,26)27)8-7-16-3-5-17(28-2)6-4-16/h3-6,10-11,18-19H,7-9,12-14H2,1-2H3/t18-,19-,21-/m1/s1. The Bertz CT molecular complexity index is 1030. The highest BCUT2D eigenvalue weighted by Crippen LogP contribution is 2.46. The molecule has 0 amide bonds. The van der Waals surface area contributed by atoms with E-state index >= 15 is 0 Å². The Kier molecular flexibility index (Phi) is 4.72. The highest BCUT2D eigenvalue weighted by atomic mass is 32.2. The van der Waals surface area contributed by atoms with Crippen LogP contribution in [-0.2, 0) is 21.2 Å². The summed E-state index contributed by atoms with van der Waals surface area (Å²) in [5.74, 6) is 1.43. The maximum atomic E-state index is 13.3. The van der Waals surface area contributed by atoms with Crippen LogP contribution in [0.4, 0.5) is 5.95 Å². The fourth-order valence-electron chi connectivity index (χ4n) is 4.90. The number of hydrogen-bond acceptors (Lipinski definition) is 7. The molecule has 30 heavy (non-hydrogen) atoms. The summed E-state index contributed by atoms with van der Waals surface area (Å²) in [5, 5.41) is -0.499. The lowest BCUT2D eigenvalue weighted by atomic mass is 9.99. The summed E-state index contributed by atoms with van der Waals surface area (Å²) in [5.41, 5.74) is 1.37. The van der Waals surface area contributed by atoms with Gasteiger partial charge in [-0.2, -0.15) is 4.31 Å². The van der Waals surface area contributed by atoms with E-state index in [-0.39, 0.29) is 6.10 Å². The number of ether oxygens (including phenoxy) is 2. The van der Waals surface area contributed by atoms with Gasteiger partial charge in [-0.15, -0.1) is 0 Å². The lowest BCUT2D eigenvalue weighted by Crippen LogP contribution is -2.55. The molecule has 3 saturated heterocycles. The molecule has 0 aliphatic carbocycles. The van der Waals surface area contributed by atoms with Crippen LogP contribution in [0.2, 0.25) is 0 Å². The van der Waals surface area contributed by atoms with Gasteiger partial charge in [-0.1, -0.05) is 12.1 Å². The molecule has 1 spiro atoms. The van der Waals surface area contributed by atoms with E-state index in [1.165, 1.54) is 0 Å². The molecular weight excluding hydrogens is 404 g/mol. The van der Waals surface area contributed by atoms with Crippen molar-refractivity contribution in [2.24, 2.45) is 0 Å². The minimum Gasteiger partial charge on any atom is -0.497 e. The number of morpholine rings is 1. The fraction of sp³-hybridized carbons (Fsp3) is 0.524. The van der Waals surface area contributed by atoms with E-state index in [0.29, 0.717) is 45.0 Å². The number of fused-ring (bicyclic) bond motifs is 1. The van der Waals surface area contributed by atoms with Crippen LogP contribution in [-0.4, -0.2) is 72.9 Å². The van der Waals surface area contributed by atoms with Gasteiger partial charge in [0, 0.05) is 32.0 Å². The zero-order valence-corrected chi connectivity index (χ0v) is 18.0. The zero-order valence-electron chi connectivity index (χ0n) is 17.2. The van der Waals surface area contributed by atoms with Gasteiger partial charge < -0.3 is 14.4 Å². The number of aromatic nitrogens is 2. The van der Waals surface area contributed by atoms with Crippen molar-refractivity contribution in [1.29, 1.82) is 0 Å². The lowest BCUT2D eigenvalue weighted by molar-refractivity contribution is -0.0529. The molecule has 3 atom stereocenters. The Hall–Kier alpha value is -2.23. The maximum absolute atomic E-state index is 13.3.